The third-order valence-electron chi connectivity index (χ3n) is 6.46. The van der Waals surface area contributed by atoms with Gasteiger partial charge in [-0.2, -0.15) is 4.52 Å². The van der Waals surface area contributed by atoms with Gasteiger partial charge in [0.25, 0.3) is 0 Å². The zero-order valence-corrected chi connectivity index (χ0v) is 17.6. The summed E-state index contributed by atoms with van der Waals surface area (Å²) in [7, 11) is 0. The molecule has 1 atom stereocenters. The van der Waals surface area contributed by atoms with Gasteiger partial charge < -0.3 is 15.1 Å². The Balaban J connectivity index is 1.09. The highest BCUT2D eigenvalue weighted by atomic mass is 19.2. The van der Waals surface area contributed by atoms with Crippen LogP contribution < -0.4 is 15.1 Å². The minimum absolute atomic E-state index is 0.00593. The molecule has 2 aliphatic heterocycles. The molecule has 168 valence electrons. The first-order valence-electron chi connectivity index (χ1n) is 11.0. The molecule has 3 aromatic rings. The molecule has 0 spiro atoms. The van der Waals surface area contributed by atoms with E-state index < -0.39 is 11.6 Å². The van der Waals surface area contributed by atoms with E-state index in [9.17, 15) is 13.6 Å². The SMILES string of the molecule is O=C(NCC1CCN(c2ccc(F)c(F)c2)C1)C1CCN(c2ccc3nncn3n2)CC1. The maximum atomic E-state index is 13.5. The molecule has 2 aliphatic rings. The lowest BCUT2D eigenvalue weighted by Gasteiger charge is -2.32. The fourth-order valence-corrected chi connectivity index (χ4v) is 4.56. The number of benzene rings is 1. The molecule has 10 heteroatoms. The summed E-state index contributed by atoms with van der Waals surface area (Å²) in [5.74, 6) is -0.418. The predicted octanol–water partition coefficient (Wildman–Crippen LogP) is 2.26. The zero-order valence-electron chi connectivity index (χ0n) is 17.6. The van der Waals surface area contributed by atoms with E-state index in [2.05, 4.69) is 25.5 Å². The van der Waals surface area contributed by atoms with E-state index in [1.807, 2.05) is 17.0 Å². The van der Waals surface area contributed by atoms with Crippen LogP contribution in [0.4, 0.5) is 20.3 Å². The van der Waals surface area contributed by atoms with Crippen LogP contribution in [0.15, 0.2) is 36.7 Å². The lowest BCUT2D eigenvalue weighted by atomic mass is 9.95. The number of piperidine rings is 1. The van der Waals surface area contributed by atoms with Crippen LogP contribution in [0.2, 0.25) is 0 Å². The molecule has 5 rings (SSSR count). The first-order chi connectivity index (χ1) is 15.6. The van der Waals surface area contributed by atoms with Crippen molar-refractivity contribution in [1.82, 2.24) is 25.1 Å². The fourth-order valence-electron chi connectivity index (χ4n) is 4.56. The van der Waals surface area contributed by atoms with Crippen LogP contribution >= 0.6 is 0 Å². The number of rotatable bonds is 5. The lowest BCUT2D eigenvalue weighted by molar-refractivity contribution is -0.125. The number of aromatic nitrogens is 4. The molecule has 0 saturated carbocycles. The largest absolute Gasteiger partial charge is 0.371 e. The second-order valence-electron chi connectivity index (χ2n) is 8.53. The molecular weight excluding hydrogens is 416 g/mol. The van der Waals surface area contributed by atoms with Crippen molar-refractivity contribution in [3.8, 4) is 0 Å². The Hall–Kier alpha value is -3.30. The molecule has 0 aliphatic carbocycles. The Morgan fingerprint density at radius 3 is 2.66 bits per heavy atom. The zero-order chi connectivity index (χ0) is 22.1. The minimum Gasteiger partial charge on any atom is -0.371 e. The topological polar surface area (TPSA) is 78.7 Å². The van der Waals surface area contributed by atoms with Gasteiger partial charge in [0, 0.05) is 50.4 Å². The van der Waals surface area contributed by atoms with Crippen molar-refractivity contribution in [3.05, 3.63) is 48.3 Å². The van der Waals surface area contributed by atoms with Gasteiger partial charge in [0.1, 0.15) is 12.1 Å². The Labute approximate surface area is 184 Å². The second kappa shape index (κ2) is 8.68. The number of amides is 1. The number of hydrogen-bond donors (Lipinski definition) is 1. The average Bonchev–Trinajstić information content (AvgIpc) is 3.48. The van der Waals surface area contributed by atoms with Crippen LogP contribution in [0.5, 0.6) is 0 Å². The van der Waals surface area contributed by atoms with Gasteiger partial charge in [0.15, 0.2) is 17.3 Å². The Bertz CT molecular complexity index is 1110. The van der Waals surface area contributed by atoms with Crippen LogP contribution in [0, 0.1) is 23.5 Å². The number of halogens is 2. The van der Waals surface area contributed by atoms with Crippen molar-refractivity contribution in [1.29, 1.82) is 0 Å². The maximum Gasteiger partial charge on any atom is 0.223 e. The van der Waals surface area contributed by atoms with E-state index in [1.54, 1.807) is 16.9 Å². The molecule has 32 heavy (non-hydrogen) atoms. The van der Waals surface area contributed by atoms with Gasteiger partial charge in [0.05, 0.1) is 0 Å². The third kappa shape index (κ3) is 4.21. The average molecular weight is 441 g/mol. The number of nitrogens with zero attached hydrogens (tertiary/aromatic N) is 6. The van der Waals surface area contributed by atoms with Crippen LogP contribution in [-0.4, -0.2) is 58.4 Å². The van der Waals surface area contributed by atoms with E-state index in [0.29, 0.717) is 23.8 Å². The number of carbonyl (C=O) groups is 1. The highest BCUT2D eigenvalue weighted by Crippen LogP contribution is 2.26. The van der Waals surface area contributed by atoms with Gasteiger partial charge in [-0.25, -0.2) is 8.78 Å². The summed E-state index contributed by atoms with van der Waals surface area (Å²) in [4.78, 5) is 16.9. The maximum absolute atomic E-state index is 13.5. The second-order valence-corrected chi connectivity index (χ2v) is 8.53. The monoisotopic (exact) mass is 441 g/mol. The lowest BCUT2D eigenvalue weighted by Crippen LogP contribution is -2.42. The number of carbonyl (C=O) groups excluding carboxylic acids is 1. The molecule has 2 aromatic heterocycles. The van der Waals surface area contributed by atoms with Gasteiger partial charge in [0.2, 0.25) is 5.91 Å². The highest BCUT2D eigenvalue weighted by molar-refractivity contribution is 5.79. The van der Waals surface area contributed by atoms with Crippen molar-refractivity contribution < 1.29 is 13.6 Å². The van der Waals surface area contributed by atoms with Crippen molar-refractivity contribution in [2.24, 2.45) is 11.8 Å². The van der Waals surface area contributed by atoms with Crippen molar-refractivity contribution in [2.45, 2.75) is 19.3 Å². The minimum atomic E-state index is -0.835. The normalized spacial score (nSPS) is 19.6. The van der Waals surface area contributed by atoms with E-state index in [-0.39, 0.29) is 11.8 Å². The van der Waals surface area contributed by atoms with E-state index in [1.165, 1.54) is 6.07 Å². The molecule has 8 nitrogen and oxygen atoms in total. The number of hydrogen-bond acceptors (Lipinski definition) is 6. The Morgan fingerprint density at radius 1 is 1.03 bits per heavy atom. The van der Waals surface area contributed by atoms with Crippen LogP contribution in [0.25, 0.3) is 5.65 Å². The number of anilines is 2. The molecule has 1 unspecified atom stereocenters. The van der Waals surface area contributed by atoms with Gasteiger partial charge in [-0.1, -0.05) is 0 Å². The summed E-state index contributed by atoms with van der Waals surface area (Å²) in [6.07, 6.45) is 4.05. The van der Waals surface area contributed by atoms with E-state index in [4.69, 9.17) is 0 Å². The smallest absolute Gasteiger partial charge is 0.223 e. The summed E-state index contributed by atoms with van der Waals surface area (Å²) < 4.78 is 28.3. The Morgan fingerprint density at radius 2 is 1.84 bits per heavy atom. The van der Waals surface area contributed by atoms with Crippen molar-refractivity contribution in [2.75, 3.05) is 42.5 Å². The molecule has 4 heterocycles. The molecular formula is C22H25F2N7O. The van der Waals surface area contributed by atoms with Crippen molar-refractivity contribution in [3.63, 3.8) is 0 Å². The van der Waals surface area contributed by atoms with Crippen LogP contribution in [0.3, 0.4) is 0 Å². The van der Waals surface area contributed by atoms with Gasteiger partial charge in [-0.3, -0.25) is 4.79 Å². The third-order valence-corrected chi connectivity index (χ3v) is 6.46. The van der Waals surface area contributed by atoms with Crippen LogP contribution in [0.1, 0.15) is 19.3 Å². The summed E-state index contributed by atoms with van der Waals surface area (Å²) in [5.41, 5.74) is 1.39. The molecule has 1 N–H and O–H groups in total. The van der Waals surface area contributed by atoms with Gasteiger partial charge in [-0.05, 0) is 49.4 Å². The quantitative estimate of drug-likeness (QED) is 0.655. The Kier molecular flexibility index (Phi) is 5.59. The summed E-state index contributed by atoms with van der Waals surface area (Å²) in [6, 6.07) is 7.82. The standard InChI is InChI=1S/C22H25F2N7O/c23-18-2-1-17(11-19(18)24)30-8-5-15(13-30)12-25-22(32)16-6-9-29(10-7-16)21-4-3-20-27-26-14-31(20)28-21/h1-4,11,14-16H,5-10,12-13H2,(H,25,32). The summed E-state index contributed by atoms with van der Waals surface area (Å²) >= 11 is 0. The van der Waals surface area contributed by atoms with E-state index in [0.717, 1.165) is 57.3 Å². The number of fused-ring (bicyclic) bond motifs is 1. The first kappa shape index (κ1) is 20.6. The summed E-state index contributed by atoms with van der Waals surface area (Å²) in [5, 5.41) is 15.5. The molecule has 0 bridgehead atoms. The summed E-state index contributed by atoms with van der Waals surface area (Å²) in [6.45, 7) is 3.64. The number of nitrogens with one attached hydrogen (secondary N) is 1. The molecule has 2 saturated heterocycles. The molecule has 2 fully saturated rings. The van der Waals surface area contributed by atoms with Crippen LogP contribution in [-0.2, 0) is 4.79 Å². The molecule has 0 radical (unpaired) electrons. The van der Waals surface area contributed by atoms with E-state index >= 15 is 0 Å². The highest BCUT2D eigenvalue weighted by Gasteiger charge is 2.28. The molecule has 1 aromatic carbocycles. The molecule has 1 amide bonds. The van der Waals surface area contributed by atoms with Gasteiger partial charge in [-0.15, -0.1) is 15.3 Å². The predicted molar refractivity (Wildman–Crippen MR) is 115 cm³/mol. The van der Waals surface area contributed by atoms with Crippen molar-refractivity contribution >= 4 is 23.1 Å². The van der Waals surface area contributed by atoms with Gasteiger partial charge >= 0.3 is 0 Å². The fraction of sp³-hybridized carbons (Fsp3) is 0.455. The first-order valence-corrected chi connectivity index (χ1v) is 11.0.